The molecule has 3 aromatic carbocycles. The van der Waals surface area contributed by atoms with Crippen molar-refractivity contribution >= 4 is 83.4 Å². The van der Waals surface area contributed by atoms with Crippen molar-refractivity contribution in [2.45, 2.75) is 129 Å². The lowest BCUT2D eigenvalue weighted by atomic mass is 9.72. The van der Waals surface area contributed by atoms with E-state index in [0.29, 0.717) is 82.7 Å². The van der Waals surface area contributed by atoms with Crippen LogP contribution in [0.2, 0.25) is 0 Å². The monoisotopic (exact) mass is 1180 g/mol. The number of carbonyl (C=O) groups is 3. The molecule has 0 bridgehead atoms. The predicted molar refractivity (Wildman–Crippen MR) is 312 cm³/mol. The Bertz CT molecular complexity index is 3550. The second-order valence-electron chi connectivity index (χ2n) is 22.9. The van der Waals surface area contributed by atoms with Gasteiger partial charge in [0.05, 0.1) is 57.5 Å². The number of rotatable bonds is 26. The van der Waals surface area contributed by atoms with E-state index < -0.39 is 75.2 Å². The molecule has 0 amide bonds. The Morgan fingerprint density at radius 2 is 1.00 bits per heavy atom. The molecule has 438 valence electrons. The summed E-state index contributed by atoms with van der Waals surface area (Å²) in [6, 6.07) is 12.9. The Kier molecular flexibility index (Phi) is 18.4. The molecule has 0 aliphatic carbocycles. The number of ether oxygens (including phenoxy) is 3. The van der Waals surface area contributed by atoms with Crippen LogP contribution in [0.5, 0.6) is 11.5 Å². The quantitative estimate of drug-likeness (QED) is 0.0223. The van der Waals surface area contributed by atoms with Gasteiger partial charge >= 0.3 is 5.97 Å². The SMILES string of the molecule is CCCC[N+]1=C(/C=C/C=C2/N(CCC)c3cccc(OC=O)c3C2(C)C)C(C)(C)c2c1cc1c(c2C(=O)OCCCS(=O)(=O)O)C(C)(C)C(/C=C/C=C2\N(CCCS(=O)(=O)O)c3cccc(OC=O)c3C2(C)C)=[N+]1CCCS(=O)(=O)O. The van der Waals surface area contributed by atoms with Gasteiger partial charge in [0.2, 0.25) is 11.4 Å². The predicted octanol–water partition coefficient (Wildman–Crippen LogP) is 9.19. The third-order valence-corrected chi connectivity index (χ3v) is 18.2. The van der Waals surface area contributed by atoms with Crippen molar-refractivity contribution < 1.29 is 76.7 Å². The Balaban J connectivity index is 1.44. The Morgan fingerprint density at radius 1 is 0.568 bits per heavy atom. The molecule has 0 saturated heterocycles. The minimum atomic E-state index is -4.42. The highest BCUT2D eigenvalue weighted by atomic mass is 32.2. The Morgan fingerprint density at radius 3 is 1.43 bits per heavy atom. The number of esters is 1. The highest BCUT2D eigenvalue weighted by molar-refractivity contribution is 7.86. The average molecular weight is 1180 g/mol. The van der Waals surface area contributed by atoms with E-state index in [9.17, 15) is 48.5 Å². The van der Waals surface area contributed by atoms with Crippen LogP contribution in [0.25, 0.3) is 0 Å². The van der Waals surface area contributed by atoms with Crippen molar-refractivity contribution in [1.82, 2.24) is 0 Å². The number of anilines is 2. The summed E-state index contributed by atoms with van der Waals surface area (Å²) in [4.78, 5) is 42.8. The van der Waals surface area contributed by atoms with Gasteiger partial charge in [-0.15, -0.1) is 0 Å². The summed E-state index contributed by atoms with van der Waals surface area (Å²) in [6.07, 6.45) is 13.9. The molecular formula is C59H76N4O15S3+2. The van der Waals surface area contributed by atoms with Crippen molar-refractivity contribution in [3.05, 3.63) is 118 Å². The molecule has 0 atom stereocenters. The Labute approximate surface area is 476 Å². The molecule has 3 N–H and O–H groups in total. The van der Waals surface area contributed by atoms with Gasteiger partial charge in [-0.2, -0.15) is 34.4 Å². The molecular weight excluding hydrogens is 1100 g/mol. The minimum absolute atomic E-state index is 0.0273. The van der Waals surface area contributed by atoms with Crippen molar-refractivity contribution in [2.75, 3.05) is 59.8 Å². The van der Waals surface area contributed by atoms with Crippen LogP contribution < -0.4 is 19.3 Å². The van der Waals surface area contributed by atoms with Gasteiger partial charge in [-0.1, -0.05) is 72.2 Å². The molecule has 0 saturated carbocycles. The van der Waals surface area contributed by atoms with Crippen LogP contribution >= 0.6 is 0 Å². The van der Waals surface area contributed by atoms with Crippen LogP contribution in [0.15, 0.2) is 90.3 Å². The molecule has 19 nitrogen and oxygen atoms in total. The van der Waals surface area contributed by atoms with E-state index in [-0.39, 0.29) is 44.5 Å². The normalized spacial score (nSPS) is 18.8. The summed E-state index contributed by atoms with van der Waals surface area (Å²) in [7, 11) is -13.1. The van der Waals surface area contributed by atoms with E-state index in [1.54, 1.807) is 18.2 Å². The topological polar surface area (TPSA) is 255 Å². The number of allylic oxidation sites excluding steroid dienone is 8. The summed E-state index contributed by atoms with van der Waals surface area (Å²) in [5.41, 5.74) is 5.70. The number of unbranched alkanes of at least 4 members (excludes halogenated alkanes) is 1. The molecule has 22 heteroatoms. The van der Waals surface area contributed by atoms with Gasteiger partial charge in [0.1, 0.15) is 24.6 Å². The fraction of sp³-hybridized carbons (Fsp3) is 0.475. The average Bonchev–Trinajstić information content (AvgIpc) is 2.86. The summed E-state index contributed by atoms with van der Waals surface area (Å²) in [6.45, 7) is 22.1. The van der Waals surface area contributed by atoms with Crippen molar-refractivity contribution in [3.63, 3.8) is 0 Å². The van der Waals surface area contributed by atoms with Crippen LogP contribution in [-0.2, 0) is 66.3 Å². The molecule has 3 aromatic rings. The van der Waals surface area contributed by atoms with Crippen molar-refractivity contribution in [1.29, 1.82) is 0 Å². The highest BCUT2D eigenvalue weighted by Gasteiger charge is 2.56. The molecule has 0 aromatic heterocycles. The third kappa shape index (κ3) is 12.7. The molecule has 4 aliphatic heterocycles. The first-order valence-corrected chi connectivity index (χ1v) is 32.1. The fourth-order valence-electron chi connectivity index (χ4n) is 12.4. The molecule has 81 heavy (non-hydrogen) atoms. The van der Waals surface area contributed by atoms with Crippen LogP contribution in [0, 0.1) is 0 Å². The zero-order chi connectivity index (χ0) is 59.7. The lowest BCUT2D eigenvalue weighted by molar-refractivity contribution is -0.445. The largest absolute Gasteiger partial charge is 0.462 e. The van der Waals surface area contributed by atoms with Gasteiger partial charge in [0.25, 0.3) is 43.3 Å². The van der Waals surface area contributed by atoms with Gasteiger partial charge in [0, 0.05) is 82.8 Å². The molecule has 4 aliphatic rings. The number of hydrogen-bond donors (Lipinski definition) is 3. The minimum Gasteiger partial charge on any atom is -0.462 e. The van der Waals surface area contributed by atoms with E-state index in [2.05, 4.69) is 43.2 Å². The molecule has 0 unspecified atom stereocenters. The first kappa shape index (κ1) is 62.3. The second kappa shape index (κ2) is 23.9. The van der Waals surface area contributed by atoms with Gasteiger partial charge < -0.3 is 24.0 Å². The lowest BCUT2D eigenvalue weighted by Crippen LogP contribution is -2.33. The van der Waals surface area contributed by atoms with E-state index >= 15 is 4.79 Å². The standard InChI is InChI=1S/C59H74N4O15S3/c1-11-13-30-62-42-37-43-54(59(9,10)49(63(43)32-19-35-80(70,71)72)28-17-26-47-57(5,6)52-41(22-15-24-45(52)78-39-65)61(47)31-18-34-79(67,68)69)50(55(66)76-33-20-36-81(73,74)75)53(42)58(7,8)48(62)27-16-25-46-56(3,4)51-40(60(46)29-12-2)21-14-23-44(51)77-38-64/h14-17,21-28,37-39H,11-13,18-20,29-36H2,1-10H3,(H-2,67,68,69,70,71,72,73,74,75)/p+2. The zero-order valence-electron chi connectivity index (χ0n) is 47.8. The van der Waals surface area contributed by atoms with Crippen molar-refractivity contribution in [2.24, 2.45) is 0 Å². The van der Waals surface area contributed by atoms with E-state index in [1.165, 1.54) is 0 Å². The number of nitrogens with zero attached hydrogens (tertiary/aromatic N) is 4. The number of hydrogen-bond acceptors (Lipinski definition) is 14. The summed E-state index contributed by atoms with van der Waals surface area (Å²) in [5.74, 6) is -1.66. The van der Waals surface area contributed by atoms with Crippen LogP contribution in [0.1, 0.15) is 140 Å². The summed E-state index contributed by atoms with van der Waals surface area (Å²) in [5, 5.41) is 0. The highest BCUT2D eigenvalue weighted by Crippen LogP contribution is 2.55. The molecule has 4 heterocycles. The van der Waals surface area contributed by atoms with Gasteiger partial charge in [-0.3, -0.25) is 23.2 Å². The maximum Gasteiger partial charge on any atom is 0.339 e. The van der Waals surface area contributed by atoms with Gasteiger partial charge in [0.15, 0.2) is 11.4 Å². The summed E-state index contributed by atoms with van der Waals surface area (Å²) < 4.78 is 122. The smallest absolute Gasteiger partial charge is 0.339 e. The summed E-state index contributed by atoms with van der Waals surface area (Å²) >= 11 is 0. The molecule has 7 rings (SSSR count). The van der Waals surface area contributed by atoms with Crippen molar-refractivity contribution in [3.8, 4) is 11.5 Å². The molecule has 0 spiro atoms. The number of carbonyl (C=O) groups excluding carboxylic acids is 3. The fourth-order valence-corrected chi connectivity index (χ4v) is 13.9. The van der Waals surface area contributed by atoms with E-state index in [0.717, 1.165) is 41.9 Å². The lowest BCUT2D eigenvalue weighted by Gasteiger charge is -2.27. The molecule has 0 radical (unpaired) electrons. The van der Waals surface area contributed by atoms with Crippen LogP contribution in [-0.4, -0.2) is 128 Å². The van der Waals surface area contributed by atoms with Crippen LogP contribution in [0.4, 0.5) is 22.7 Å². The number of benzene rings is 3. The second-order valence-corrected chi connectivity index (χ2v) is 27.6. The first-order chi connectivity index (χ1) is 37.9. The third-order valence-electron chi connectivity index (χ3n) is 15.8. The van der Waals surface area contributed by atoms with Crippen LogP contribution in [0.3, 0.4) is 0 Å². The molecule has 0 fully saturated rings. The number of fused-ring (bicyclic) bond motifs is 4. The zero-order valence-corrected chi connectivity index (χ0v) is 50.3. The maximum atomic E-state index is 15.2. The maximum absolute atomic E-state index is 15.2. The van der Waals surface area contributed by atoms with Gasteiger partial charge in [-0.05, 0) is 83.4 Å². The van der Waals surface area contributed by atoms with E-state index in [4.69, 9.17) is 14.2 Å². The van der Waals surface area contributed by atoms with E-state index in [1.807, 2.05) is 106 Å². The Hall–Kier alpha value is -6.30. The van der Waals surface area contributed by atoms with Gasteiger partial charge in [-0.25, -0.2) is 4.79 Å². The first-order valence-electron chi connectivity index (χ1n) is 27.2.